The number of nitrogens with one attached hydrogen (secondary N) is 2. The van der Waals surface area contributed by atoms with Crippen LogP contribution < -0.4 is 10.6 Å². The lowest BCUT2D eigenvalue weighted by Gasteiger charge is -2.46. The first-order valence-corrected chi connectivity index (χ1v) is 8.33. The van der Waals surface area contributed by atoms with Crippen molar-refractivity contribution < 1.29 is 4.43 Å². The molecule has 1 heterocycles. The minimum absolute atomic E-state index is 0.243. The molecule has 3 nitrogen and oxygen atoms in total. The van der Waals surface area contributed by atoms with Gasteiger partial charge in [-0.05, 0) is 66.5 Å². The largest absolute Gasteiger partial charge is 0.418 e. The Bertz CT molecular complexity index is 228. The normalized spacial score (nSPS) is 23.2. The highest BCUT2D eigenvalue weighted by Crippen LogP contribution is 2.28. The molecule has 0 bridgehead atoms. The van der Waals surface area contributed by atoms with Gasteiger partial charge in [0.2, 0.25) is 9.76 Å². The van der Waals surface area contributed by atoms with Gasteiger partial charge in [-0.2, -0.15) is 0 Å². The third-order valence-corrected chi connectivity index (χ3v) is 4.38. The number of rotatable bonds is 7. The second-order valence-electron chi connectivity index (χ2n) is 6.63. The molecule has 0 spiro atoms. The molecule has 2 N–H and O–H groups in total. The standard InChI is InChI=1S/C14H30N2OSi/c1-6-17-18-9-7-8-15-12-10-13(2,3)16-14(4,5)11-12/h12,15-16H,6-11H2,1-5H3. The summed E-state index contributed by atoms with van der Waals surface area (Å²) in [5, 5.41) is 7.44. The molecular weight excluding hydrogens is 240 g/mol. The van der Waals surface area contributed by atoms with Gasteiger partial charge in [-0.15, -0.1) is 0 Å². The zero-order chi connectivity index (χ0) is 13.6. The van der Waals surface area contributed by atoms with E-state index in [0.29, 0.717) is 15.8 Å². The summed E-state index contributed by atoms with van der Waals surface area (Å²) in [5.41, 5.74) is 0.485. The second kappa shape index (κ2) is 7.03. The van der Waals surface area contributed by atoms with Crippen LogP contribution in [0, 0.1) is 0 Å². The van der Waals surface area contributed by atoms with Gasteiger partial charge in [-0.3, -0.25) is 0 Å². The predicted octanol–water partition coefficient (Wildman–Crippen LogP) is 2.35. The molecule has 0 aromatic heterocycles. The molecule has 4 heteroatoms. The molecule has 1 fully saturated rings. The fourth-order valence-electron chi connectivity index (χ4n) is 3.11. The van der Waals surface area contributed by atoms with Crippen molar-refractivity contribution in [2.45, 2.75) is 77.0 Å². The molecule has 0 aromatic rings. The summed E-state index contributed by atoms with van der Waals surface area (Å²) in [5.74, 6) is 0. The smallest absolute Gasteiger partial charge is 0.229 e. The van der Waals surface area contributed by atoms with Gasteiger partial charge in [-0.1, -0.05) is 0 Å². The Morgan fingerprint density at radius 3 is 2.39 bits per heavy atom. The highest BCUT2D eigenvalue weighted by molar-refractivity contribution is 6.26. The Labute approximate surface area is 115 Å². The van der Waals surface area contributed by atoms with Crippen LogP contribution in [0.5, 0.6) is 0 Å². The van der Waals surface area contributed by atoms with Crippen LogP contribution in [0.4, 0.5) is 0 Å². The Kier molecular flexibility index (Phi) is 6.31. The average Bonchev–Trinajstić information content (AvgIpc) is 2.18. The monoisotopic (exact) mass is 270 g/mol. The molecule has 0 amide bonds. The van der Waals surface area contributed by atoms with E-state index in [1.165, 1.54) is 25.3 Å². The van der Waals surface area contributed by atoms with E-state index in [-0.39, 0.29) is 11.1 Å². The second-order valence-corrected chi connectivity index (χ2v) is 7.71. The third kappa shape index (κ3) is 6.32. The molecule has 1 aliphatic heterocycles. The molecule has 0 aromatic carbocycles. The van der Waals surface area contributed by atoms with Gasteiger partial charge in [0, 0.05) is 23.7 Å². The van der Waals surface area contributed by atoms with E-state index >= 15 is 0 Å². The van der Waals surface area contributed by atoms with Crippen LogP contribution in [-0.4, -0.2) is 40.0 Å². The zero-order valence-corrected chi connectivity index (χ0v) is 13.7. The fraction of sp³-hybridized carbons (Fsp3) is 1.00. The molecule has 1 aliphatic rings. The van der Waals surface area contributed by atoms with Gasteiger partial charge >= 0.3 is 0 Å². The predicted molar refractivity (Wildman–Crippen MR) is 79.1 cm³/mol. The molecule has 1 rings (SSSR count). The van der Waals surface area contributed by atoms with E-state index in [1.807, 2.05) is 0 Å². The molecule has 2 radical (unpaired) electrons. The quantitative estimate of drug-likeness (QED) is 0.550. The summed E-state index contributed by atoms with van der Waals surface area (Å²) >= 11 is 0. The average molecular weight is 270 g/mol. The van der Waals surface area contributed by atoms with Gasteiger partial charge < -0.3 is 15.1 Å². The van der Waals surface area contributed by atoms with Gasteiger partial charge in [0.15, 0.2) is 0 Å². The van der Waals surface area contributed by atoms with Crippen molar-refractivity contribution in [1.29, 1.82) is 0 Å². The van der Waals surface area contributed by atoms with Crippen LogP contribution in [-0.2, 0) is 4.43 Å². The van der Waals surface area contributed by atoms with Gasteiger partial charge in [0.25, 0.3) is 0 Å². The third-order valence-electron chi connectivity index (χ3n) is 3.33. The summed E-state index contributed by atoms with van der Waals surface area (Å²) in [6, 6.07) is 1.84. The maximum absolute atomic E-state index is 5.38. The Hall–Kier alpha value is 0.0969. The van der Waals surface area contributed by atoms with Gasteiger partial charge in [-0.25, -0.2) is 0 Å². The van der Waals surface area contributed by atoms with E-state index in [4.69, 9.17) is 4.43 Å². The van der Waals surface area contributed by atoms with E-state index in [0.717, 1.165) is 13.2 Å². The first-order chi connectivity index (χ1) is 8.35. The van der Waals surface area contributed by atoms with E-state index < -0.39 is 0 Å². The molecule has 0 saturated carbocycles. The van der Waals surface area contributed by atoms with E-state index in [1.54, 1.807) is 0 Å². The van der Waals surface area contributed by atoms with Gasteiger partial charge in [0.1, 0.15) is 0 Å². The molecule has 18 heavy (non-hydrogen) atoms. The molecular formula is C14H30N2OSi. The highest BCUT2D eigenvalue weighted by atomic mass is 28.2. The van der Waals surface area contributed by atoms with E-state index in [2.05, 4.69) is 45.3 Å². The maximum Gasteiger partial charge on any atom is 0.229 e. The Morgan fingerprint density at radius 2 is 1.83 bits per heavy atom. The fourth-order valence-corrected chi connectivity index (χ4v) is 3.78. The van der Waals surface area contributed by atoms with Crippen LogP contribution in [0.1, 0.15) is 53.9 Å². The van der Waals surface area contributed by atoms with Crippen molar-refractivity contribution in [1.82, 2.24) is 10.6 Å². The lowest BCUT2D eigenvalue weighted by atomic mass is 9.79. The number of hydrogen-bond donors (Lipinski definition) is 2. The first-order valence-electron chi connectivity index (χ1n) is 7.22. The van der Waals surface area contributed by atoms with Crippen LogP contribution in [0.3, 0.4) is 0 Å². The lowest BCUT2D eigenvalue weighted by molar-refractivity contribution is 0.146. The zero-order valence-electron chi connectivity index (χ0n) is 12.7. The van der Waals surface area contributed by atoms with Crippen LogP contribution >= 0.6 is 0 Å². The molecule has 0 atom stereocenters. The van der Waals surface area contributed by atoms with Crippen molar-refractivity contribution >= 4 is 9.76 Å². The summed E-state index contributed by atoms with van der Waals surface area (Å²) in [6.45, 7) is 13.3. The highest BCUT2D eigenvalue weighted by Gasteiger charge is 2.37. The van der Waals surface area contributed by atoms with Crippen molar-refractivity contribution in [2.24, 2.45) is 0 Å². The minimum Gasteiger partial charge on any atom is -0.418 e. The van der Waals surface area contributed by atoms with Crippen LogP contribution in [0.15, 0.2) is 0 Å². The Balaban J connectivity index is 2.21. The summed E-state index contributed by atoms with van der Waals surface area (Å²) in [6.07, 6.45) is 3.65. The number of piperidine rings is 1. The van der Waals surface area contributed by atoms with Gasteiger partial charge in [0.05, 0.1) is 0 Å². The van der Waals surface area contributed by atoms with Crippen molar-refractivity contribution in [3.8, 4) is 0 Å². The molecule has 0 unspecified atom stereocenters. The number of hydrogen-bond acceptors (Lipinski definition) is 3. The summed E-state index contributed by atoms with van der Waals surface area (Å²) in [4.78, 5) is 0. The van der Waals surface area contributed by atoms with Crippen LogP contribution in [0.2, 0.25) is 6.04 Å². The molecule has 0 aliphatic carbocycles. The maximum atomic E-state index is 5.38. The van der Waals surface area contributed by atoms with Crippen molar-refractivity contribution in [3.63, 3.8) is 0 Å². The first kappa shape index (κ1) is 16.2. The van der Waals surface area contributed by atoms with Crippen molar-refractivity contribution in [2.75, 3.05) is 13.2 Å². The van der Waals surface area contributed by atoms with Crippen molar-refractivity contribution in [3.05, 3.63) is 0 Å². The minimum atomic E-state index is 0.243. The molecule has 1 saturated heterocycles. The summed E-state index contributed by atoms with van der Waals surface area (Å²) < 4.78 is 5.38. The van der Waals surface area contributed by atoms with E-state index in [9.17, 15) is 0 Å². The van der Waals surface area contributed by atoms with Crippen LogP contribution in [0.25, 0.3) is 0 Å². The summed E-state index contributed by atoms with van der Waals surface area (Å²) in [7, 11) is 0.677. The Morgan fingerprint density at radius 1 is 1.22 bits per heavy atom. The SMILES string of the molecule is CCO[Si]CCCNC1CC(C)(C)NC(C)(C)C1. The lowest BCUT2D eigenvalue weighted by Crippen LogP contribution is -2.61. The molecule has 106 valence electrons. The topological polar surface area (TPSA) is 33.3 Å².